The maximum absolute atomic E-state index is 11.8. The summed E-state index contributed by atoms with van der Waals surface area (Å²) in [6.07, 6.45) is 2.41. The Labute approximate surface area is 191 Å². The molecule has 0 aliphatic heterocycles. The molecule has 3 aromatic heterocycles. The first-order chi connectivity index (χ1) is 15.8. The van der Waals surface area contributed by atoms with Crippen molar-refractivity contribution in [2.45, 2.75) is 6.92 Å². The van der Waals surface area contributed by atoms with Crippen molar-refractivity contribution in [2.24, 2.45) is 0 Å². The van der Waals surface area contributed by atoms with Crippen LogP contribution in [0.15, 0.2) is 48.7 Å². The predicted molar refractivity (Wildman–Crippen MR) is 125 cm³/mol. The number of hydrogen-bond donors (Lipinski definition) is 1. The molecule has 0 atom stereocenters. The monoisotopic (exact) mass is 469 g/mol. The zero-order chi connectivity index (χ0) is 23.6. The Bertz CT molecular complexity index is 1400. The molecule has 0 fully saturated rings. The zero-order valence-electron chi connectivity index (χ0n) is 18.6. The van der Waals surface area contributed by atoms with E-state index >= 15 is 0 Å². The van der Waals surface area contributed by atoms with E-state index in [1.165, 1.54) is 6.20 Å². The molecule has 0 unspecified atom stereocenters. The van der Waals surface area contributed by atoms with Gasteiger partial charge in [-0.25, -0.2) is 23.4 Å². The van der Waals surface area contributed by atoms with E-state index in [1.807, 2.05) is 31.2 Å². The first-order valence-corrected chi connectivity index (χ1v) is 11.9. The fraction of sp³-hybridized carbons (Fsp3) is 0.227. The Morgan fingerprint density at radius 2 is 1.73 bits per heavy atom. The fourth-order valence-corrected chi connectivity index (χ4v) is 3.93. The van der Waals surface area contributed by atoms with E-state index in [-0.39, 0.29) is 5.82 Å². The summed E-state index contributed by atoms with van der Waals surface area (Å²) >= 11 is 0. The summed E-state index contributed by atoms with van der Waals surface area (Å²) in [5.41, 5.74) is 2.74. The van der Waals surface area contributed by atoms with Crippen LogP contribution in [0.1, 0.15) is 6.92 Å². The van der Waals surface area contributed by atoms with Gasteiger partial charge in [0.1, 0.15) is 22.7 Å². The van der Waals surface area contributed by atoms with Crippen LogP contribution in [0, 0.1) is 0 Å². The van der Waals surface area contributed by atoms with Gasteiger partial charge < -0.3 is 14.2 Å². The highest BCUT2D eigenvalue weighted by Gasteiger charge is 2.22. The molecule has 33 heavy (non-hydrogen) atoms. The molecule has 0 bridgehead atoms. The molecule has 0 radical (unpaired) electrons. The number of ether oxygens (including phenoxy) is 3. The normalized spacial score (nSPS) is 11.4. The smallest absolute Gasteiger partial charge is 0.231 e. The van der Waals surface area contributed by atoms with Crippen molar-refractivity contribution in [3.63, 3.8) is 0 Å². The highest BCUT2D eigenvalue weighted by Crippen LogP contribution is 2.39. The molecule has 10 nitrogen and oxygen atoms in total. The summed E-state index contributed by atoms with van der Waals surface area (Å²) in [5, 5.41) is 0. The summed E-state index contributed by atoms with van der Waals surface area (Å²) in [6, 6.07) is 12.7. The van der Waals surface area contributed by atoms with E-state index in [1.54, 1.807) is 37.0 Å². The van der Waals surface area contributed by atoms with Crippen molar-refractivity contribution >= 4 is 27.0 Å². The molecule has 1 aromatic carbocycles. The quantitative estimate of drug-likeness (QED) is 0.418. The van der Waals surface area contributed by atoms with Crippen LogP contribution in [-0.4, -0.2) is 55.0 Å². The summed E-state index contributed by atoms with van der Waals surface area (Å²) in [6.45, 7) is 2.36. The van der Waals surface area contributed by atoms with Gasteiger partial charge in [0.15, 0.2) is 11.5 Å². The van der Waals surface area contributed by atoms with Crippen molar-refractivity contribution in [1.82, 2.24) is 19.5 Å². The molecule has 0 aliphatic rings. The van der Waals surface area contributed by atoms with Crippen LogP contribution in [0.2, 0.25) is 0 Å². The molecule has 0 saturated heterocycles. The van der Waals surface area contributed by atoms with Gasteiger partial charge in [0, 0.05) is 6.07 Å². The highest BCUT2D eigenvalue weighted by atomic mass is 32.2. The second-order valence-corrected chi connectivity index (χ2v) is 8.76. The molecule has 172 valence electrons. The minimum Gasteiger partial charge on any atom is -0.494 e. The van der Waals surface area contributed by atoms with Gasteiger partial charge >= 0.3 is 0 Å². The van der Waals surface area contributed by atoms with Crippen LogP contribution in [0.3, 0.4) is 0 Å². The van der Waals surface area contributed by atoms with E-state index in [2.05, 4.69) is 19.7 Å². The number of pyridine rings is 1. The number of para-hydroxylation sites is 1. The molecule has 1 N–H and O–H groups in total. The number of anilines is 1. The Balaban J connectivity index is 2.06. The van der Waals surface area contributed by atoms with Crippen molar-refractivity contribution in [1.29, 1.82) is 0 Å². The molecule has 0 saturated carbocycles. The SMILES string of the molecule is CCOc1cccc(-c2cc3ncc(NS(C)(=O)=O)nc3n2-c2c(OC)cccc2OC)n1. The van der Waals surface area contributed by atoms with Crippen molar-refractivity contribution in [3.8, 4) is 34.5 Å². The molecule has 3 heterocycles. The van der Waals surface area contributed by atoms with Crippen molar-refractivity contribution in [2.75, 3.05) is 31.8 Å². The van der Waals surface area contributed by atoms with E-state index in [4.69, 9.17) is 14.2 Å². The average molecular weight is 470 g/mol. The van der Waals surface area contributed by atoms with Crippen molar-refractivity contribution < 1.29 is 22.6 Å². The first kappa shape index (κ1) is 22.3. The Hall–Kier alpha value is -3.86. The van der Waals surface area contributed by atoms with Gasteiger partial charge in [0.2, 0.25) is 15.9 Å². The van der Waals surface area contributed by atoms with Crippen LogP contribution in [-0.2, 0) is 10.0 Å². The molecule has 0 spiro atoms. The van der Waals surface area contributed by atoms with Crippen LogP contribution < -0.4 is 18.9 Å². The lowest BCUT2D eigenvalue weighted by atomic mass is 10.2. The van der Waals surface area contributed by atoms with Gasteiger partial charge in [0.05, 0.1) is 44.7 Å². The Morgan fingerprint density at radius 1 is 1.03 bits per heavy atom. The maximum Gasteiger partial charge on any atom is 0.231 e. The maximum atomic E-state index is 11.8. The van der Waals surface area contributed by atoms with Gasteiger partial charge in [-0.2, -0.15) is 0 Å². The van der Waals surface area contributed by atoms with E-state index in [9.17, 15) is 8.42 Å². The highest BCUT2D eigenvalue weighted by molar-refractivity contribution is 7.92. The number of rotatable bonds is 8. The largest absolute Gasteiger partial charge is 0.494 e. The summed E-state index contributed by atoms with van der Waals surface area (Å²) < 4.78 is 44.5. The third-order valence-corrected chi connectivity index (χ3v) is 5.28. The molecular weight excluding hydrogens is 446 g/mol. The van der Waals surface area contributed by atoms with Gasteiger partial charge in [0.25, 0.3) is 0 Å². The second kappa shape index (κ2) is 8.94. The van der Waals surface area contributed by atoms with Gasteiger partial charge in [-0.1, -0.05) is 12.1 Å². The number of methoxy groups -OCH3 is 2. The number of aromatic nitrogens is 4. The average Bonchev–Trinajstić information content (AvgIpc) is 3.16. The number of fused-ring (bicyclic) bond motifs is 1. The molecule has 11 heteroatoms. The molecule has 0 aliphatic carbocycles. The number of sulfonamides is 1. The Kier molecular flexibility index (Phi) is 6.05. The van der Waals surface area contributed by atoms with E-state index in [0.29, 0.717) is 52.2 Å². The number of nitrogens with zero attached hydrogens (tertiary/aromatic N) is 4. The van der Waals surface area contributed by atoms with Crippen LogP contribution >= 0.6 is 0 Å². The fourth-order valence-electron chi connectivity index (χ4n) is 3.45. The zero-order valence-corrected chi connectivity index (χ0v) is 19.4. The van der Waals surface area contributed by atoms with E-state index < -0.39 is 10.0 Å². The third kappa shape index (κ3) is 4.53. The van der Waals surface area contributed by atoms with Gasteiger partial charge in [-0.3, -0.25) is 9.29 Å². The minimum atomic E-state index is -3.55. The number of benzene rings is 1. The first-order valence-electron chi connectivity index (χ1n) is 10.0. The standard InChI is InChI=1S/C22H23N5O5S/c1-5-32-20-11-6-8-14(24-20)16-12-15-22(25-19(13-23-15)26-33(4,28)29)27(16)21-17(30-2)9-7-10-18(21)31-3/h6-13H,5H2,1-4H3,(H,25,26). The summed E-state index contributed by atoms with van der Waals surface area (Å²) in [7, 11) is -0.435. The van der Waals surface area contributed by atoms with E-state index in [0.717, 1.165) is 6.26 Å². The Morgan fingerprint density at radius 3 is 2.36 bits per heavy atom. The second-order valence-electron chi connectivity index (χ2n) is 7.01. The molecule has 0 amide bonds. The number of nitrogens with one attached hydrogen (secondary N) is 1. The lowest BCUT2D eigenvalue weighted by molar-refractivity contribution is 0.327. The van der Waals surface area contributed by atoms with Crippen LogP contribution in [0.5, 0.6) is 17.4 Å². The third-order valence-electron chi connectivity index (χ3n) is 4.70. The minimum absolute atomic E-state index is 0.0841. The molecule has 4 rings (SSSR count). The number of hydrogen-bond acceptors (Lipinski definition) is 8. The van der Waals surface area contributed by atoms with Crippen LogP contribution in [0.4, 0.5) is 5.82 Å². The van der Waals surface area contributed by atoms with Gasteiger partial charge in [-0.05, 0) is 31.2 Å². The topological polar surface area (TPSA) is 117 Å². The van der Waals surface area contributed by atoms with Gasteiger partial charge in [-0.15, -0.1) is 0 Å². The lowest BCUT2D eigenvalue weighted by Crippen LogP contribution is -2.12. The van der Waals surface area contributed by atoms with Crippen LogP contribution in [0.25, 0.3) is 28.2 Å². The van der Waals surface area contributed by atoms with Crippen molar-refractivity contribution in [3.05, 3.63) is 48.7 Å². The predicted octanol–water partition coefficient (Wildman–Crippen LogP) is 3.27. The lowest BCUT2D eigenvalue weighted by Gasteiger charge is -2.17. The molecule has 4 aromatic rings. The molecular formula is C22H23N5O5S. The summed E-state index contributed by atoms with van der Waals surface area (Å²) in [4.78, 5) is 13.6. The summed E-state index contributed by atoms with van der Waals surface area (Å²) in [5.74, 6) is 1.61.